The molecule has 1 rings (SSSR count). The van der Waals surface area contributed by atoms with E-state index in [2.05, 4.69) is 5.32 Å². The summed E-state index contributed by atoms with van der Waals surface area (Å²) in [5.74, 6) is 0.696. The van der Waals surface area contributed by atoms with Gasteiger partial charge in [0.1, 0.15) is 9.84 Å². The number of sulfone groups is 1. The summed E-state index contributed by atoms with van der Waals surface area (Å²) in [4.78, 5) is 0.965. The van der Waals surface area contributed by atoms with Gasteiger partial charge in [0.25, 0.3) is 0 Å². The molecule has 6 heteroatoms. The molecule has 0 fully saturated rings. The maximum Gasteiger partial charge on any atom is 0.148 e. The van der Waals surface area contributed by atoms with Gasteiger partial charge < -0.3 is 5.32 Å². The zero-order chi connectivity index (χ0) is 12.9. The zero-order valence-corrected chi connectivity index (χ0v) is 12.3. The van der Waals surface area contributed by atoms with Gasteiger partial charge >= 0.3 is 0 Å². The number of hydrogen-bond acceptors (Lipinski definition) is 4. The predicted octanol–water partition coefficient (Wildman–Crippen LogP) is 2.20. The highest BCUT2D eigenvalue weighted by molar-refractivity contribution is 8.00. The van der Waals surface area contributed by atoms with E-state index in [-0.39, 0.29) is 5.75 Å². The maximum absolute atomic E-state index is 11.1. The lowest BCUT2D eigenvalue weighted by molar-refractivity contribution is 0.603. The minimum Gasteiger partial charge on any atom is -0.316 e. The third kappa shape index (κ3) is 5.29. The fourth-order valence-electron chi connectivity index (χ4n) is 1.34. The quantitative estimate of drug-likeness (QED) is 0.817. The first kappa shape index (κ1) is 14.8. The van der Waals surface area contributed by atoms with Crippen LogP contribution in [0.4, 0.5) is 0 Å². The van der Waals surface area contributed by atoms with Crippen molar-refractivity contribution in [1.29, 1.82) is 0 Å². The van der Waals surface area contributed by atoms with Crippen LogP contribution in [0.3, 0.4) is 0 Å². The first-order valence-electron chi connectivity index (χ1n) is 5.16. The van der Waals surface area contributed by atoms with Crippen molar-refractivity contribution < 1.29 is 8.42 Å². The number of hydrogen-bond donors (Lipinski definition) is 1. The molecule has 0 saturated heterocycles. The molecule has 0 bridgehead atoms. The number of thioether (sulfide) groups is 1. The van der Waals surface area contributed by atoms with E-state index >= 15 is 0 Å². The van der Waals surface area contributed by atoms with Crippen LogP contribution in [0.5, 0.6) is 0 Å². The predicted molar refractivity (Wildman–Crippen MR) is 74.7 cm³/mol. The molecule has 1 aromatic carbocycles. The van der Waals surface area contributed by atoms with Crippen LogP contribution in [-0.2, 0) is 16.4 Å². The van der Waals surface area contributed by atoms with Gasteiger partial charge in [0.2, 0.25) is 0 Å². The van der Waals surface area contributed by atoms with Crippen LogP contribution in [-0.4, -0.2) is 33.2 Å². The van der Waals surface area contributed by atoms with Crippen molar-refractivity contribution in [2.24, 2.45) is 0 Å². The van der Waals surface area contributed by atoms with Gasteiger partial charge in [-0.1, -0.05) is 23.7 Å². The molecule has 0 spiro atoms. The van der Waals surface area contributed by atoms with Crippen molar-refractivity contribution >= 4 is 33.2 Å². The Morgan fingerprint density at radius 3 is 2.71 bits per heavy atom. The smallest absolute Gasteiger partial charge is 0.148 e. The van der Waals surface area contributed by atoms with E-state index in [4.69, 9.17) is 11.6 Å². The van der Waals surface area contributed by atoms with Gasteiger partial charge in [-0.25, -0.2) is 8.42 Å². The number of nitrogens with one attached hydrogen (secondary N) is 1. The largest absolute Gasteiger partial charge is 0.316 e. The highest BCUT2D eigenvalue weighted by Gasteiger charge is 2.09. The van der Waals surface area contributed by atoms with Gasteiger partial charge in [-0.3, -0.25) is 0 Å². The molecule has 96 valence electrons. The normalized spacial score (nSPS) is 11.7. The number of benzene rings is 1. The lowest BCUT2D eigenvalue weighted by Gasteiger charge is -2.10. The van der Waals surface area contributed by atoms with Crippen molar-refractivity contribution in [2.45, 2.75) is 11.4 Å². The summed E-state index contributed by atoms with van der Waals surface area (Å²) >= 11 is 7.61. The third-order valence-electron chi connectivity index (χ3n) is 2.12. The van der Waals surface area contributed by atoms with Crippen molar-refractivity contribution in [3.63, 3.8) is 0 Å². The van der Waals surface area contributed by atoms with E-state index in [0.717, 1.165) is 17.0 Å². The van der Waals surface area contributed by atoms with E-state index in [1.165, 1.54) is 18.0 Å². The van der Waals surface area contributed by atoms with E-state index in [1.54, 1.807) is 0 Å². The molecule has 0 unspecified atom stereocenters. The van der Waals surface area contributed by atoms with Gasteiger partial charge in [-0.05, 0) is 18.7 Å². The number of halogens is 1. The Morgan fingerprint density at radius 2 is 2.12 bits per heavy atom. The Hall–Kier alpha value is -0.230. The van der Waals surface area contributed by atoms with E-state index < -0.39 is 9.84 Å². The summed E-state index contributed by atoms with van der Waals surface area (Å²) in [7, 11) is -1.04. The second-order valence-corrected chi connectivity index (χ2v) is 7.51. The van der Waals surface area contributed by atoms with Crippen molar-refractivity contribution in [1.82, 2.24) is 5.32 Å². The second kappa shape index (κ2) is 6.64. The van der Waals surface area contributed by atoms with Gasteiger partial charge in [0.15, 0.2) is 0 Å². The summed E-state index contributed by atoms with van der Waals surface area (Å²) in [5, 5.41) is 3.75. The van der Waals surface area contributed by atoms with Gasteiger partial charge in [-0.2, -0.15) is 0 Å². The molecule has 0 heterocycles. The maximum atomic E-state index is 11.1. The summed E-state index contributed by atoms with van der Waals surface area (Å²) in [6.45, 7) is 0.724. The van der Waals surface area contributed by atoms with Crippen LogP contribution in [0, 0.1) is 0 Å². The average Bonchev–Trinajstić information content (AvgIpc) is 2.21. The first-order chi connectivity index (χ1) is 7.94. The van der Waals surface area contributed by atoms with Crippen LogP contribution in [0.15, 0.2) is 23.1 Å². The lowest BCUT2D eigenvalue weighted by atomic mass is 10.2. The molecule has 0 radical (unpaired) electrons. The monoisotopic (exact) mass is 293 g/mol. The molecule has 17 heavy (non-hydrogen) atoms. The van der Waals surface area contributed by atoms with Gasteiger partial charge in [0.05, 0.1) is 10.8 Å². The van der Waals surface area contributed by atoms with E-state index in [9.17, 15) is 8.42 Å². The van der Waals surface area contributed by atoms with Gasteiger partial charge in [-0.15, -0.1) is 11.8 Å². The molecule has 3 nitrogen and oxygen atoms in total. The summed E-state index contributed by atoms with van der Waals surface area (Å²) in [6, 6.07) is 5.71. The molecule has 0 aromatic heterocycles. The molecule has 0 aliphatic heterocycles. The van der Waals surface area contributed by atoms with Crippen molar-refractivity contribution in [3.05, 3.63) is 28.8 Å². The minimum atomic E-state index is -2.91. The molecule has 0 aliphatic carbocycles. The standard InChI is InChI=1S/C11H16ClNO2S2/c1-13-8-9-4-3-5-10(12)11(9)16-6-7-17(2,14)15/h3-5,13H,6-8H2,1-2H3. The minimum absolute atomic E-state index is 0.169. The van der Waals surface area contributed by atoms with Crippen LogP contribution in [0.1, 0.15) is 5.56 Å². The molecule has 0 atom stereocenters. The van der Waals surface area contributed by atoms with Crippen LogP contribution in [0.25, 0.3) is 0 Å². The molecule has 0 saturated carbocycles. The molecular weight excluding hydrogens is 278 g/mol. The number of rotatable bonds is 6. The highest BCUT2D eigenvalue weighted by atomic mass is 35.5. The van der Waals surface area contributed by atoms with Crippen molar-refractivity contribution in [3.8, 4) is 0 Å². The first-order valence-corrected chi connectivity index (χ1v) is 8.59. The average molecular weight is 294 g/mol. The highest BCUT2D eigenvalue weighted by Crippen LogP contribution is 2.30. The van der Waals surface area contributed by atoms with Gasteiger partial charge in [0, 0.05) is 23.4 Å². The Bertz CT molecular complexity index is 474. The topological polar surface area (TPSA) is 46.2 Å². The molecule has 0 amide bonds. The Morgan fingerprint density at radius 1 is 1.41 bits per heavy atom. The summed E-state index contributed by atoms with van der Waals surface area (Å²) < 4.78 is 22.1. The van der Waals surface area contributed by atoms with Crippen LogP contribution >= 0.6 is 23.4 Å². The van der Waals surface area contributed by atoms with E-state index in [1.807, 2.05) is 25.2 Å². The molecule has 0 aliphatic rings. The lowest BCUT2D eigenvalue weighted by Crippen LogP contribution is -2.08. The van der Waals surface area contributed by atoms with E-state index in [0.29, 0.717) is 10.8 Å². The SMILES string of the molecule is CNCc1cccc(Cl)c1SCCS(C)(=O)=O. The molecule has 1 aromatic rings. The van der Waals surface area contributed by atoms with Crippen molar-refractivity contribution in [2.75, 3.05) is 24.8 Å². The summed E-state index contributed by atoms with van der Waals surface area (Å²) in [6.07, 6.45) is 1.24. The molecular formula is C11H16ClNO2S2. The fourth-order valence-corrected chi connectivity index (χ4v) is 3.98. The summed E-state index contributed by atoms with van der Waals surface area (Å²) in [5.41, 5.74) is 1.10. The molecule has 1 N–H and O–H groups in total. The Balaban J connectivity index is 2.75. The Kier molecular flexibility index (Phi) is 5.79. The Labute approximate surface area is 112 Å². The van der Waals surface area contributed by atoms with Crippen LogP contribution in [0.2, 0.25) is 5.02 Å². The zero-order valence-electron chi connectivity index (χ0n) is 9.86. The fraction of sp³-hybridized carbons (Fsp3) is 0.455. The third-order valence-corrected chi connectivity index (χ3v) is 4.93. The van der Waals surface area contributed by atoms with Crippen LogP contribution < -0.4 is 5.32 Å². The second-order valence-electron chi connectivity index (χ2n) is 3.74.